The Morgan fingerprint density at radius 3 is 2.29 bits per heavy atom. The molecule has 24 heavy (non-hydrogen) atoms. The van der Waals surface area contributed by atoms with Crippen LogP contribution < -0.4 is 10.2 Å². The zero-order valence-corrected chi connectivity index (χ0v) is 14.6. The second-order valence-electron chi connectivity index (χ2n) is 6.68. The Morgan fingerprint density at radius 2 is 1.71 bits per heavy atom. The van der Waals surface area contributed by atoms with Gasteiger partial charge in [-0.05, 0) is 33.8 Å². The minimum atomic E-state index is -0.513. The molecule has 128 valence electrons. The van der Waals surface area contributed by atoms with Crippen LogP contribution in [0.1, 0.15) is 27.7 Å². The van der Waals surface area contributed by atoms with Crippen LogP contribution in [0.15, 0.2) is 30.6 Å². The number of hydrogen-bond donors (Lipinski definition) is 0. The molecule has 2 heterocycles. The van der Waals surface area contributed by atoms with Crippen molar-refractivity contribution in [3.63, 3.8) is 0 Å². The molecule has 1 fully saturated rings. The third kappa shape index (κ3) is 3.04. The van der Waals surface area contributed by atoms with Gasteiger partial charge in [0.15, 0.2) is 6.79 Å². The van der Waals surface area contributed by atoms with Crippen LogP contribution in [0, 0.1) is 0 Å². The van der Waals surface area contributed by atoms with Gasteiger partial charge >= 0.3 is 7.12 Å². The summed E-state index contributed by atoms with van der Waals surface area (Å²) in [4.78, 5) is 1.52. The van der Waals surface area contributed by atoms with Crippen molar-refractivity contribution in [1.82, 2.24) is 15.0 Å². The number of aromatic nitrogens is 3. The molecule has 7 nitrogen and oxygen atoms in total. The van der Waals surface area contributed by atoms with Crippen LogP contribution in [0.3, 0.4) is 0 Å². The smallest absolute Gasteiger partial charge is 0.468 e. The first-order valence-corrected chi connectivity index (χ1v) is 7.82. The van der Waals surface area contributed by atoms with Gasteiger partial charge in [-0.3, -0.25) is 0 Å². The first-order chi connectivity index (χ1) is 11.3. The molecule has 0 spiro atoms. The summed E-state index contributed by atoms with van der Waals surface area (Å²) in [5.74, 6) is 0.616. The summed E-state index contributed by atoms with van der Waals surface area (Å²) < 4.78 is 23.0. The van der Waals surface area contributed by atoms with Gasteiger partial charge in [0.2, 0.25) is 0 Å². The highest BCUT2D eigenvalue weighted by molar-refractivity contribution is 6.63. The van der Waals surface area contributed by atoms with Crippen LogP contribution in [0.4, 0.5) is 0 Å². The SMILES string of the molecule is COCOc1cc(-n2nccn2)ccc1B1OC(C)(C)C(C)(C)O1. The first-order valence-electron chi connectivity index (χ1n) is 7.82. The van der Waals surface area contributed by atoms with Crippen LogP contribution >= 0.6 is 0 Å². The zero-order valence-electron chi connectivity index (χ0n) is 14.6. The van der Waals surface area contributed by atoms with Gasteiger partial charge in [0.05, 0.1) is 29.3 Å². The fraction of sp³-hybridized carbons (Fsp3) is 0.500. The highest BCUT2D eigenvalue weighted by Gasteiger charge is 2.52. The lowest BCUT2D eigenvalue weighted by Crippen LogP contribution is -2.41. The largest absolute Gasteiger partial charge is 0.498 e. The van der Waals surface area contributed by atoms with E-state index in [2.05, 4.69) is 10.2 Å². The molecule has 8 heteroatoms. The minimum absolute atomic E-state index is 0.127. The Hall–Kier alpha value is -1.90. The van der Waals surface area contributed by atoms with Gasteiger partial charge in [-0.1, -0.05) is 6.07 Å². The van der Waals surface area contributed by atoms with E-state index in [4.69, 9.17) is 18.8 Å². The summed E-state index contributed by atoms with van der Waals surface area (Å²) in [6.07, 6.45) is 3.25. The van der Waals surface area contributed by atoms with E-state index in [1.807, 2.05) is 45.9 Å². The van der Waals surface area contributed by atoms with Crippen molar-refractivity contribution >= 4 is 12.6 Å². The minimum Gasteiger partial charge on any atom is -0.468 e. The molecule has 1 aliphatic heterocycles. The monoisotopic (exact) mass is 331 g/mol. The first kappa shape index (κ1) is 16.9. The number of benzene rings is 1. The molecule has 0 aliphatic carbocycles. The standard InChI is InChI=1S/C16H22BN3O4/c1-15(2)16(3,4)24-17(23-15)13-7-6-12(20-18-8-9-19-20)10-14(13)22-11-21-5/h6-10H,11H2,1-5H3. The van der Waals surface area contributed by atoms with E-state index < -0.39 is 18.3 Å². The van der Waals surface area contributed by atoms with Gasteiger partial charge in [-0.15, -0.1) is 0 Å². The molecule has 0 unspecified atom stereocenters. The fourth-order valence-electron chi connectivity index (χ4n) is 2.41. The van der Waals surface area contributed by atoms with Crippen molar-refractivity contribution in [2.45, 2.75) is 38.9 Å². The third-order valence-corrected chi connectivity index (χ3v) is 4.49. The maximum absolute atomic E-state index is 6.12. The number of rotatable bonds is 5. The topological polar surface area (TPSA) is 67.6 Å². The molecule has 3 rings (SSSR count). The third-order valence-electron chi connectivity index (χ3n) is 4.49. The predicted octanol–water partition coefficient (Wildman–Crippen LogP) is 1.55. The normalized spacial score (nSPS) is 18.8. The summed E-state index contributed by atoms with van der Waals surface area (Å²) in [7, 11) is 1.06. The van der Waals surface area contributed by atoms with Crippen molar-refractivity contribution < 1.29 is 18.8 Å². The molecule has 0 N–H and O–H groups in total. The molecular formula is C16H22BN3O4. The number of hydrogen-bond acceptors (Lipinski definition) is 6. The highest BCUT2D eigenvalue weighted by Crippen LogP contribution is 2.37. The Bertz CT molecular complexity index is 687. The van der Waals surface area contributed by atoms with Gasteiger partial charge in [0.25, 0.3) is 0 Å². The van der Waals surface area contributed by atoms with Gasteiger partial charge < -0.3 is 18.8 Å². The second kappa shape index (κ2) is 6.20. The summed E-state index contributed by atoms with van der Waals surface area (Å²) >= 11 is 0. The molecule has 1 saturated heterocycles. The Labute approximate surface area is 142 Å². The lowest BCUT2D eigenvalue weighted by molar-refractivity contribution is 0.00578. The molecule has 1 aromatic carbocycles. The quantitative estimate of drug-likeness (QED) is 0.612. The maximum Gasteiger partial charge on any atom is 0.498 e. The van der Waals surface area contributed by atoms with E-state index in [9.17, 15) is 0 Å². The summed E-state index contributed by atoms with van der Waals surface area (Å²) in [6.45, 7) is 8.20. The summed E-state index contributed by atoms with van der Waals surface area (Å²) in [5, 5.41) is 8.27. The van der Waals surface area contributed by atoms with Crippen molar-refractivity contribution in [3.05, 3.63) is 30.6 Å². The lowest BCUT2D eigenvalue weighted by Gasteiger charge is -2.32. The van der Waals surface area contributed by atoms with E-state index in [0.717, 1.165) is 11.2 Å². The Morgan fingerprint density at radius 1 is 1.08 bits per heavy atom. The van der Waals surface area contributed by atoms with Gasteiger partial charge in [0, 0.05) is 18.6 Å². The average molecular weight is 331 g/mol. The lowest BCUT2D eigenvalue weighted by atomic mass is 9.78. The molecular weight excluding hydrogens is 309 g/mol. The van der Waals surface area contributed by atoms with Crippen molar-refractivity contribution in [1.29, 1.82) is 0 Å². The Balaban J connectivity index is 1.95. The van der Waals surface area contributed by atoms with E-state index in [1.165, 1.54) is 4.80 Å². The van der Waals surface area contributed by atoms with E-state index in [-0.39, 0.29) is 6.79 Å². The fourth-order valence-corrected chi connectivity index (χ4v) is 2.41. The van der Waals surface area contributed by atoms with Gasteiger partial charge in [0.1, 0.15) is 5.75 Å². The van der Waals surface area contributed by atoms with Gasteiger partial charge in [-0.2, -0.15) is 15.0 Å². The average Bonchev–Trinajstić information content (AvgIpc) is 3.12. The summed E-state index contributed by atoms with van der Waals surface area (Å²) in [5.41, 5.74) is 0.754. The van der Waals surface area contributed by atoms with E-state index in [1.54, 1.807) is 19.5 Å². The molecule has 0 radical (unpaired) electrons. The number of nitrogens with zero attached hydrogens (tertiary/aromatic N) is 3. The highest BCUT2D eigenvalue weighted by atomic mass is 16.7. The molecule has 0 amide bonds. The van der Waals surface area contributed by atoms with Crippen molar-refractivity contribution in [2.24, 2.45) is 0 Å². The number of methoxy groups -OCH3 is 1. The predicted molar refractivity (Wildman–Crippen MR) is 89.6 cm³/mol. The van der Waals surface area contributed by atoms with Crippen LogP contribution in [0.25, 0.3) is 5.69 Å². The second-order valence-corrected chi connectivity index (χ2v) is 6.68. The molecule has 0 saturated carbocycles. The van der Waals surface area contributed by atoms with Crippen molar-refractivity contribution in [3.8, 4) is 11.4 Å². The number of ether oxygens (including phenoxy) is 2. The maximum atomic E-state index is 6.12. The van der Waals surface area contributed by atoms with E-state index in [0.29, 0.717) is 5.75 Å². The van der Waals surface area contributed by atoms with Crippen LogP contribution in [0.5, 0.6) is 5.75 Å². The molecule has 0 bridgehead atoms. The van der Waals surface area contributed by atoms with Crippen LogP contribution in [-0.2, 0) is 14.0 Å². The Kier molecular flexibility index (Phi) is 4.37. The summed E-state index contributed by atoms with van der Waals surface area (Å²) in [6, 6.07) is 5.66. The van der Waals surface area contributed by atoms with Crippen LogP contribution in [0.2, 0.25) is 0 Å². The van der Waals surface area contributed by atoms with E-state index >= 15 is 0 Å². The van der Waals surface area contributed by atoms with Crippen LogP contribution in [-0.4, -0.2) is 47.2 Å². The molecule has 0 atom stereocenters. The molecule has 1 aromatic heterocycles. The van der Waals surface area contributed by atoms with Crippen molar-refractivity contribution in [2.75, 3.05) is 13.9 Å². The zero-order chi connectivity index (χ0) is 17.4. The van der Waals surface area contributed by atoms with Gasteiger partial charge in [-0.25, -0.2) is 0 Å². The molecule has 2 aromatic rings. The molecule has 1 aliphatic rings.